The Kier molecular flexibility index (Phi) is 6.67. The first-order chi connectivity index (χ1) is 10.7. The van der Waals surface area contributed by atoms with E-state index in [2.05, 4.69) is 5.32 Å². The highest BCUT2D eigenvalue weighted by atomic mass is 32.2. The van der Waals surface area contributed by atoms with E-state index in [-0.39, 0.29) is 23.1 Å². The molecule has 0 unspecified atom stereocenters. The quantitative estimate of drug-likeness (QED) is 0.657. The summed E-state index contributed by atoms with van der Waals surface area (Å²) >= 11 is 0. The van der Waals surface area contributed by atoms with E-state index in [1.807, 2.05) is 18.7 Å². The van der Waals surface area contributed by atoms with Gasteiger partial charge in [-0.2, -0.15) is 8.42 Å². The van der Waals surface area contributed by atoms with E-state index in [9.17, 15) is 18.0 Å². The van der Waals surface area contributed by atoms with Crippen LogP contribution in [0.1, 0.15) is 19.4 Å². The van der Waals surface area contributed by atoms with Crippen molar-refractivity contribution in [1.82, 2.24) is 4.90 Å². The second-order valence-electron chi connectivity index (χ2n) is 4.95. The molecule has 1 aliphatic heterocycles. The smallest absolute Gasteiger partial charge is 0.294 e. The summed E-state index contributed by atoms with van der Waals surface area (Å²) in [7, 11) is -4.18. The van der Waals surface area contributed by atoms with Gasteiger partial charge in [0.05, 0.1) is 17.9 Å². The van der Waals surface area contributed by atoms with E-state index in [1.165, 1.54) is 18.2 Å². The first-order valence-corrected chi connectivity index (χ1v) is 8.52. The molecule has 1 heterocycles. The molecule has 0 bridgehead atoms. The van der Waals surface area contributed by atoms with Gasteiger partial charge in [-0.15, -0.1) is 0 Å². The molecule has 0 aliphatic carbocycles. The number of hydrogen-bond donors (Lipinski definition) is 3. The highest BCUT2D eigenvalue weighted by molar-refractivity contribution is 7.85. The predicted octanol–water partition coefficient (Wildman–Crippen LogP) is 0.241. The van der Waals surface area contributed by atoms with Gasteiger partial charge in [0.15, 0.2) is 0 Å². The number of nitrogens with two attached hydrogens (primary N) is 1. The molecule has 2 rings (SSSR count). The van der Waals surface area contributed by atoms with Crippen LogP contribution in [0.4, 0.5) is 5.69 Å². The van der Waals surface area contributed by atoms with Gasteiger partial charge >= 0.3 is 0 Å². The van der Waals surface area contributed by atoms with Crippen molar-refractivity contribution < 1.29 is 22.6 Å². The molecule has 4 N–H and O–H groups in total. The van der Waals surface area contributed by atoms with Crippen molar-refractivity contribution in [2.75, 3.05) is 25.0 Å². The van der Waals surface area contributed by atoms with Crippen molar-refractivity contribution in [3.05, 3.63) is 23.8 Å². The van der Waals surface area contributed by atoms with E-state index in [0.29, 0.717) is 17.8 Å². The summed E-state index contributed by atoms with van der Waals surface area (Å²) in [5.74, 6) is -0.425. The summed E-state index contributed by atoms with van der Waals surface area (Å²) in [6, 6.07) is 4.01. The number of hydrogen-bond acceptors (Lipinski definition) is 5. The van der Waals surface area contributed by atoms with Gasteiger partial charge in [0.2, 0.25) is 11.8 Å². The molecule has 1 aliphatic rings. The zero-order chi connectivity index (χ0) is 17.6. The molecule has 0 fully saturated rings. The molecule has 9 heteroatoms. The summed E-state index contributed by atoms with van der Waals surface area (Å²) in [5, 5.41) is 2.56. The van der Waals surface area contributed by atoms with E-state index in [1.54, 1.807) is 0 Å². The third-order valence-electron chi connectivity index (χ3n) is 3.27. The van der Waals surface area contributed by atoms with Gasteiger partial charge < -0.3 is 11.1 Å². The summed E-state index contributed by atoms with van der Waals surface area (Å²) < 4.78 is 30.3. The molecule has 0 saturated carbocycles. The fraction of sp³-hybridized carbons (Fsp3) is 0.429. The molecule has 1 aromatic rings. The highest BCUT2D eigenvalue weighted by Gasteiger charge is 2.20. The molecular weight excluding hydrogens is 322 g/mol. The standard InChI is InChI=1S/C8H7NO4S.C6H14N2O/c10-8-4-5-3-6(14(11,12)13)1-2-7(5)9-8;1-3-8(4-2)5-6(7)9/h1-3H,4H2,(H,9,10)(H,11,12,13);3-5H2,1-2H3,(H2,7,9). The second-order valence-corrected chi connectivity index (χ2v) is 6.37. The van der Waals surface area contributed by atoms with Crippen molar-refractivity contribution in [3.63, 3.8) is 0 Å². The molecule has 0 aromatic heterocycles. The van der Waals surface area contributed by atoms with Crippen LogP contribution in [0, 0.1) is 0 Å². The van der Waals surface area contributed by atoms with Gasteiger partial charge in [-0.25, -0.2) is 0 Å². The third kappa shape index (κ3) is 5.97. The van der Waals surface area contributed by atoms with E-state index >= 15 is 0 Å². The Labute approximate surface area is 135 Å². The lowest BCUT2D eigenvalue weighted by atomic mass is 10.2. The number of benzene rings is 1. The number of nitrogens with zero attached hydrogens (tertiary/aromatic N) is 1. The fourth-order valence-corrected chi connectivity index (χ4v) is 2.56. The number of fused-ring (bicyclic) bond motifs is 1. The van der Waals surface area contributed by atoms with Crippen LogP contribution in [0.5, 0.6) is 0 Å². The SMILES string of the molecule is CCN(CC)CC(N)=O.O=C1Cc2cc(S(=O)(=O)O)ccc2N1. The van der Waals surface area contributed by atoms with Crippen LogP contribution in [0.3, 0.4) is 0 Å². The topological polar surface area (TPSA) is 130 Å². The van der Waals surface area contributed by atoms with Crippen molar-refractivity contribution in [1.29, 1.82) is 0 Å². The lowest BCUT2D eigenvalue weighted by Crippen LogP contribution is -2.33. The van der Waals surface area contributed by atoms with Gasteiger partial charge in [-0.1, -0.05) is 13.8 Å². The summed E-state index contributed by atoms with van der Waals surface area (Å²) in [6.45, 7) is 6.17. The molecule has 0 saturated heterocycles. The first-order valence-electron chi connectivity index (χ1n) is 7.08. The third-order valence-corrected chi connectivity index (χ3v) is 4.12. The van der Waals surface area contributed by atoms with Gasteiger partial charge in [-0.3, -0.25) is 19.0 Å². The monoisotopic (exact) mass is 343 g/mol. The Morgan fingerprint density at radius 3 is 2.39 bits per heavy atom. The zero-order valence-electron chi connectivity index (χ0n) is 13.1. The van der Waals surface area contributed by atoms with Crippen LogP contribution >= 0.6 is 0 Å². The second kappa shape index (κ2) is 8.04. The van der Waals surface area contributed by atoms with Crippen LogP contribution in [0.2, 0.25) is 0 Å². The molecule has 0 spiro atoms. The predicted molar refractivity (Wildman–Crippen MR) is 85.6 cm³/mol. The Morgan fingerprint density at radius 1 is 1.35 bits per heavy atom. The van der Waals surface area contributed by atoms with Crippen molar-refractivity contribution >= 4 is 27.6 Å². The van der Waals surface area contributed by atoms with E-state index in [0.717, 1.165) is 13.1 Å². The van der Waals surface area contributed by atoms with Gasteiger partial charge in [0, 0.05) is 5.69 Å². The average molecular weight is 343 g/mol. The molecule has 0 atom stereocenters. The van der Waals surface area contributed by atoms with Gasteiger partial charge in [0.1, 0.15) is 0 Å². The summed E-state index contributed by atoms with van der Waals surface area (Å²) in [5.41, 5.74) is 6.15. The summed E-state index contributed by atoms with van der Waals surface area (Å²) in [4.78, 5) is 23.0. The number of rotatable bonds is 5. The van der Waals surface area contributed by atoms with Crippen LogP contribution in [0.25, 0.3) is 0 Å². The maximum Gasteiger partial charge on any atom is 0.294 e. The average Bonchev–Trinajstić information content (AvgIpc) is 2.83. The Morgan fingerprint density at radius 2 is 1.96 bits per heavy atom. The Hall–Kier alpha value is -1.97. The number of carbonyl (C=O) groups is 2. The maximum absolute atomic E-state index is 10.9. The van der Waals surface area contributed by atoms with Gasteiger partial charge in [-0.05, 0) is 36.9 Å². The first kappa shape index (κ1) is 19.1. The number of amides is 2. The zero-order valence-corrected chi connectivity index (χ0v) is 13.9. The maximum atomic E-state index is 10.9. The lowest BCUT2D eigenvalue weighted by molar-refractivity contribution is -0.119. The minimum Gasteiger partial charge on any atom is -0.369 e. The molecule has 0 radical (unpaired) electrons. The summed E-state index contributed by atoms with van der Waals surface area (Å²) in [6.07, 6.45) is 0.151. The van der Waals surface area contributed by atoms with Crippen LogP contribution in [0.15, 0.2) is 23.1 Å². The molecule has 128 valence electrons. The van der Waals surface area contributed by atoms with Crippen LogP contribution in [-0.2, 0) is 26.1 Å². The molecular formula is C14H21N3O5S. The lowest BCUT2D eigenvalue weighted by Gasteiger charge is -2.14. The molecule has 8 nitrogen and oxygen atoms in total. The highest BCUT2D eigenvalue weighted by Crippen LogP contribution is 2.25. The number of likely N-dealkylation sites (N-methyl/N-ethyl adjacent to an activating group) is 1. The normalized spacial score (nSPS) is 13.1. The van der Waals surface area contributed by atoms with Gasteiger partial charge in [0.25, 0.3) is 10.1 Å². The molecule has 23 heavy (non-hydrogen) atoms. The van der Waals surface area contributed by atoms with E-state index in [4.69, 9.17) is 10.3 Å². The minimum atomic E-state index is -4.18. The number of anilines is 1. The number of carbonyl (C=O) groups excluding carboxylic acids is 2. The Bertz CT molecular complexity index is 684. The van der Waals surface area contributed by atoms with Crippen molar-refractivity contribution in [2.45, 2.75) is 25.2 Å². The molecule has 1 aromatic carbocycles. The number of nitrogens with one attached hydrogen (secondary N) is 1. The minimum absolute atomic E-state index is 0.151. The Balaban J connectivity index is 0.000000257. The fourth-order valence-electron chi connectivity index (χ4n) is 2.03. The largest absolute Gasteiger partial charge is 0.369 e. The van der Waals surface area contributed by atoms with Crippen LogP contribution in [-0.4, -0.2) is 49.3 Å². The van der Waals surface area contributed by atoms with Crippen LogP contribution < -0.4 is 11.1 Å². The number of primary amides is 1. The van der Waals surface area contributed by atoms with Crippen molar-refractivity contribution in [3.8, 4) is 0 Å². The van der Waals surface area contributed by atoms with E-state index < -0.39 is 10.1 Å². The molecule has 2 amide bonds. The van der Waals surface area contributed by atoms with Crippen molar-refractivity contribution in [2.24, 2.45) is 5.73 Å².